The van der Waals surface area contributed by atoms with E-state index < -0.39 is 0 Å². The second-order valence-electron chi connectivity index (χ2n) is 6.68. The van der Waals surface area contributed by atoms with Gasteiger partial charge in [0, 0.05) is 10.9 Å². The molecule has 0 unspecified atom stereocenters. The molecule has 152 valence electrons. The minimum Gasteiger partial charge on any atom is -0.491 e. The smallest absolute Gasteiger partial charge is 0.264 e. The Morgan fingerprint density at radius 2 is 1.97 bits per heavy atom. The molecule has 5 nitrogen and oxygen atoms in total. The van der Waals surface area contributed by atoms with Crippen LogP contribution in [0.4, 0.5) is 5.13 Å². The van der Waals surface area contributed by atoms with Crippen molar-refractivity contribution in [1.29, 1.82) is 0 Å². The van der Waals surface area contributed by atoms with Gasteiger partial charge < -0.3 is 9.47 Å². The molecule has 0 aliphatic rings. The predicted molar refractivity (Wildman–Crippen MR) is 121 cm³/mol. The lowest BCUT2D eigenvalue weighted by Gasteiger charge is -2.09. The highest BCUT2D eigenvalue weighted by Gasteiger charge is 2.10. The molecular formula is C22H23BrN2O3S. The molecule has 0 saturated carbocycles. The normalized spacial score (nSPS) is 10.8. The number of thiazole rings is 1. The van der Waals surface area contributed by atoms with Gasteiger partial charge >= 0.3 is 0 Å². The number of aromatic nitrogens is 1. The van der Waals surface area contributed by atoms with Gasteiger partial charge in [-0.2, -0.15) is 0 Å². The SMILES string of the molecule is CCc1ccc(OCC(=O)Nc2nc(-c3ccc(OC(C)C)cc3)cs2)c(Br)c1. The fraction of sp³-hybridized carbons (Fsp3) is 0.273. The van der Waals surface area contributed by atoms with E-state index in [-0.39, 0.29) is 18.6 Å². The molecule has 0 atom stereocenters. The summed E-state index contributed by atoms with van der Waals surface area (Å²) < 4.78 is 12.1. The molecule has 0 aliphatic heterocycles. The van der Waals surface area contributed by atoms with Crippen LogP contribution in [0.15, 0.2) is 52.3 Å². The molecule has 0 spiro atoms. The molecule has 1 N–H and O–H groups in total. The molecule has 3 rings (SSSR count). The summed E-state index contributed by atoms with van der Waals surface area (Å²) in [5.41, 5.74) is 2.97. The zero-order valence-corrected chi connectivity index (χ0v) is 19.0. The van der Waals surface area contributed by atoms with Crippen LogP contribution in [0.3, 0.4) is 0 Å². The van der Waals surface area contributed by atoms with Crippen molar-refractivity contribution in [3.05, 3.63) is 57.9 Å². The van der Waals surface area contributed by atoms with Crippen LogP contribution in [0, 0.1) is 0 Å². The third-order valence-electron chi connectivity index (χ3n) is 4.04. The number of halogens is 1. The van der Waals surface area contributed by atoms with Gasteiger partial charge in [-0.3, -0.25) is 10.1 Å². The number of carbonyl (C=O) groups excluding carboxylic acids is 1. The fourth-order valence-electron chi connectivity index (χ4n) is 2.62. The van der Waals surface area contributed by atoms with Crippen LogP contribution >= 0.6 is 27.3 Å². The highest BCUT2D eigenvalue weighted by atomic mass is 79.9. The summed E-state index contributed by atoms with van der Waals surface area (Å²) in [7, 11) is 0. The first-order valence-corrected chi connectivity index (χ1v) is 11.1. The van der Waals surface area contributed by atoms with Gasteiger partial charge in [-0.15, -0.1) is 11.3 Å². The van der Waals surface area contributed by atoms with E-state index in [0.29, 0.717) is 10.9 Å². The van der Waals surface area contributed by atoms with Crippen LogP contribution in [0.1, 0.15) is 26.3 Å². The van der Waals surface area contributed by atoms with Crippen LogP contribution in [0.25, 0.3) is 11.3 Å². The summed E-state index contributed by atoms with van der Waals surface area (Å²) in [5.74, 6) is 1.21. The topological polar surface area (TPSA) is 60.5 Å². The largest absolute Gasteiger partial charge is 0.491 e. The maximum absolute atomic E-state index is 12.2. The van der Waals surface area contributed by atoms with Crippen LogP contribution < -0.4 is 14.8 Å². The number of nitrogens with one attached hydrogen (secondary N) is 1. The van der Waals surface area contributed by atoms with Gasteiger partial charge in [0.05, 0.1) is 16.3 Å². The molecule has 0 radical (unpaired) electrons. The van der Waals surface area contributed by atoms with Gasteiger partial charge in [0.2, 0.25) is 0 Å². The molecule has 0 saturated heterocycles. The number of rotatable bonds is 8. The van der Waals surface area contributed by atoms with Crippen molar-refractivity contribution < 1.29 is 14.3 Å². The van der Waals surface area contributed by atoms with E-state index in [0.717, 1.165) is 27.9 Å². The van der Waals surface area contributed by atoms with E-state index >= 15 is 0 Å². The number of hydrogen-bond acceptors (Lipinski definition) is 5. The summed E-state index contributed by atoms with van der Waals surface area (Å²) in [4.78, 5) is 16.7. The van der Waals surface area contributed by atoms with Crippen molar-refractivity contribution in [2.45, 2.75) is 33.3 Å². The molecule has 2 aromatic carbocycles. The predicted octanol–water partition coefficient (Wildman–Crippen LogP) is 5.94. The van der Waals surface area contributed by atoms with Crippen LogP contribution in [0.5, 0.6) is 11.5 Å². The number of hydrogen-bond donors (Lipinski definition) is 1. The van der Waals surface area contributed by atoms with Crippen molar-refractivity contribution >= 4 is 38.3 Å². The van der Waals surface area contributed by atoms with E-state index in [9.17, 15) is 4.79 Å². The lowest BCUT2D eigenvalue weighted by Crippen LogP contribution is -2.20. The number of aryl methyl sites for hydroxylation is 1. The maximum atomic E-state index is 12.2. The summed E-state index contributed by atoms with van der Waals surface area (Å²) in [6, 6.07) is 13.6. The van der Waals surface area contributed by atoms with Gasteiger partial charge in [-0.1, -0.05) is 13.0 Å². The van der Waals surface area contributed by atoms with Crippen molar-refractivity contribution in [2.24, 2.45) is 0 Å². The molecule has 1 amide bonds. The summed E-state index contributed by atoms with van der Waals surface area (Å²) in [6.45, 7) is 5.99. The Kier molecular flexibility index (Phi) is 7.28. The second kappa shape index (κ2) is 9.89. The van der Waals surface area contributed by atoms with E-state index in [1.165, 1.54) is 16.9 Å². The average molecular weight is 475 g/mol. The van der Waals surface area contributed by atoms with E-state index in [4.69, 9.17) is 9.47 Å². The minimum absolute atomic E-state index is 0.0831. The fourth-order valence-corrected chi connectivity index (χ4v) is 3.90. The lowest BCUT2D eigenvalue weighted by molar-refractivity contribution is -0.118. The minimum atomic E-state index is -0.252. The van der Waals surface area contributed by atoms with Crippen molar-refractivity contribution in [1.82, 2.24) is 4.98 Å². The van der Waals surface area contributed by atoms with Crippen LogP contribution in [-0.2, 0) is 11.2 Å². The average Bonchev–Trinajstić information content (AvgIpc) is 3.15. The molecule has 0 aliphatic carbocycles. The Morgan fingerprint density at radius 1 is 1.21 bits per heavy atom. The molecule has 1 heterocycles. The molecular weight excluding hydrogens is 452 g/mol. The molecule has 0 bridgehead atoms. The van der Waals surface area contributed by atoms with Crippen LogP contribution in [0.2, 0.25) is 0 Å². The first-order valence-electron chi connectivity index (χ1n) is 9.38. The quantitative estimate of drug-likeness (QED) is 0.438. The number of nitrogens with zero attached hydrogens (tertiary/aromatic N) is 1. The summed E-state index contributed by atoms with van der Waals surface area (Å²) in [6.07, 6.45) is 1.08. The third kappa shape index (κ3) is 6.05. The van der Waals surface area contributed by atoms with Gasteiger partial charge in [0.15, 0.2) is 11.7 Å². The molecule has 3 aromatic rings. The van der Waals surface area contributed by atoms with E-state index in [2.05, 4.69) is 33.2 Å². The van der Waals surface area contributed by atoms with Crippen LogP contribution in [-0.4, -0.2) is 23.6 Å². The first kappa shape index (κ1) is 21.3. The Morgan fingerprint density at radius 3 is 2.62 bits per heavy atom. The van der Waals surface area contributed by atoms with Crippen molar-refractivity contribution in [3.8, 4) is 22.8 Å². The molecule has 1 aromatic heterocycles. The molecule has 7 heteroatoms. The van der Waals surface area contributed by atoms with Crippen molar-refractivity contribution in [2.75, 3.05) is 11.9 Å². The molecule has 29 heavy (non-hydrogen) atoms. The Balaban J connectivity index is 1.56. The monoisotopic (exact) mass is 474 g/mol. The second-order valence-corrected chi connectivity index (χ2v) is 8.40. The Labute approximate surface area is 183 Å². The Bertz CT molecular complexity index is 970. The number of ether oxygens (including phenoxy) is 2. The zero-order chi connectivity index (χ0) is 20.8. The molecule has 0 fully saturated rings. The summed E-state index contributed by atoms with van der Waals surface area (Å²) in [5, 5.41) is 5.24. The Hall–Kier alpha value is -2.38. The van der Waals surface area contributed by atoms with Gasteiger partial charge in [-0.05, 0) is 78.2 Å². The van der Waals surface area contributed by atoms with Gasteiger partial charge in [-0.25, -0.2) is 4.98 Å². The number of anilines is 1. The zero-order valence-electron chi connectivity index (χ0n) is 16.6. The van der Waals surface area contributed by atoms with E-state index in [1.54, 1.807) is 0 Å². The van der Waals surface area contributed by atoms with Gasteiger partial charge in [0.25, 0.3) is 5.91 Å². The third-order valence-corrected chi connectivity index (χ3v) is 5.41. The lowest BCUT2D eigenvalue weighted by atomic mass is 10.2. The van der Waals surface area contributed by atoms with Gasteiger partial charge in [0.1, 0.15) is 11.5 Å². The first-order chi connectivity index (χ1) is 13.9. The van der Waals surface area contributed by atoms with Crippen molar-refractivity contribution in [3.63, 3.8) is 0 Å². The number of amides is 1. The number of benzene rings is 2. The van der Waals surface area contributed by atoms with E-state index in [1.807, 2.05) is 61.7 Å². The summed E-state index contributed by atoms with van der Waals surface area (Å²) >= 11 is 4.85. The standard InChI is InChI=1S/C22H23BrN2O3S/c1-4-15-5-10-20(18(23)11-15)27-12-21(26)25-22-24-19(13-29-22)16-6-8-17(9-7-16)28-14(2)3/h5-11,13-14H,4,12H2,1-3H3,(H,24,25,26). The number of carbonyl (C=O) groups is 1. The highest BCUT2D eigenvalue weighted by Crippen LogP contribution is 2.28. The highest BCUT2D eigenvalue weighted by molar-refractivity contribution is 9.10. The maximum Gasteiger partial charge on any atom is 0.264 e.